The van der Waals surface area contributed by atoms with E-state index < -0.39 is 5.60 Å². The van der Waals surface area contributed by atoms with Crippen LogP contribution in [0.1, 0.15) is 52.9 Å². The number of rotatable bonds is 4. The van der Waals surface area contributed by atoms with Crippen LogP contribution in [0.25, 0.3) is 0 Å². The van der Waals surface area contributed by atoms with Crippen LogP contribution in [0.3, 0.4) is 0 Å². The van der Waals surface area contributed by atoms with Gasteiger partial charge in [-0.2, -0.15) is 0 Å². The van der Waals surface area contributed by atoms with Gasteiger partial charge in [0.15, 0.2) is 0 Å². The predicted molar refractivity (Wildman–Crippen MR) is 72.4 cm³/mol. The summed E-state index contributed by atoms with van der Waals surface area (Å²) < 4.78 is 0. The lowest BCUT2D eigenvalue weighted by molar-refractivity contribution is -0.122. The van der Waals surface area contributed by atoms with Gasteiger partial charge in [-0.15, -0.1) is 0 Å². The molecule has 0 bridgehead atoms. The number of β-amino-alcohol motifs (C(OH)–C–C–N with tert-alkyl or cyclic N) is 1. The summed E-state index contributed by atoms with van der Waals surface area (Å²) >= 11 is 0. The Morgan fingerprint density at radius 3 is 2.67 bits per heavy atom. The fourth-order valence-electron chi connectivity index (χ4n) is 3.35. The molecular formula is C15H27NO2. The van der Waals surface area contributed by atoms with Gasteiger partial charge in [-0.25, -0.2) is 0 Å². The fraction of sp³-hybridized carbons (Fsp3) is 0.933. The molecule has 0 aromatic heterocycles. The van der Waals surface area contributed by atoms with Crippen molar-refractivity contribution in [2.75, 3.05) is 13.1 Å². The Balaban J connectivity index is 2.01. The molecule has 1 saturated heterocycles. The first-order valence-electron chi connectivity index (χ1n) is 7.41. The van der Waals surface area contributed by atoms with Crippen molar-refractivity contribution < 1.29 is 9.90 Å². The molecule has 0 spiro atoms. The Morgan fingerprint density at radius 2 is 2.11 bits per heavy atom. The third-order valence-electron chi connectivity index (χ3n) is 5.00. The lowest BCUT2D eigenvalue weighted by atomic mass is 9.90. The average molecular weight is 253 g/mol. The largest absolute Gasteiger partial charge is 0.389 e. The number of nitrogens with zero attached hydrogens (tertiary/aromatic N) is 1. The normalized spacial score (nSPS) is 33.3. The summed E-state index contributed by atoms with van der Waals surface area (Å²) in [5, 5.41) is 10.5. The first-order valence-corrected chi connectivity index (χ1v) is 7.41. The van der Waals surface area contributed by atoms with E-state index in [1.54, 1.807) is 0 Å². The van der Waals surface area contributed by atoms with Crippen LogP contribution in [0.15, 0.2) is 0 Å². The number of carbonyl (C=O) groups excluding carboxylic acids is 1. The fourth-order valence-corrected chi connectivity index (χ4v) is 3.35. The van der Waals surface area contributed by atoms with E-state index in [1.165, 1.54) is 6.42 Å². The number of likely N-dealkylation sites (tertiary alicyclic amines) is 1. The standard InChI is InChI=1S/C15H27NO2/c1-11(2)15(3,18)10-16-9-5-7-13(16)12-6-4-8-14(12)17/h11-13,18H,4-10H2,1-3H3. The molecule has 3 unspecified atom stereocenters. The van der Waals surface area contributed by atoms with E-state index in [4.69, 9.17) is 0 Å². The third-order valence-corrected chi connectivity index (χ3v) is 5.00. The molecule has 104 valence electrons. The maximum Gasteiger partial charge on any atom is 0.137 e. The van der Waals surface area contributed by atoms with Gasteiger partial charge >= 0.3 is 0 Å². The molecule has 0 amide bonds. The van der Waals surface area contributed by atoms with Crippen molar-refractivity contribution in [2.45, 2.75) is 64.5 Å². The van der Waals surface area contributed by atoms with E-state index in [0.717, 1.165) is 32.2 Å². The Morgan fingerprint density at radius 1 is 1.39 bits per heavy atom. The highest BCUT2D eigenvalue weighted by Crippen LogP contribution is 2.34. The number of hydrogen-bond acceptors (Lipinski definition) is 3. The Hall–Kier alpha value is -0.410. The number of hydrogen-bond donors (Lipinski definition) is 1. The Kier molecular flexibility index (Phi) is 4.12. The smallest absolute Gasteiger partial charge is 0.137 e. The van der Waals surface area contributed by atoms with Crippen LogP contribution in [-0.2, 0) is 4.79 Å². The molecule has 2 fully saturated rings. The molecule has 1 N–H and O–H groups in total. The number of carbonyl (C=O) groups is 1. The zero-order valence-electron chi connectivity index (χ0n) is 12.0. The molecule has 2 aliphatic rings. The molecule has 3 heteroatoms. The molecule has 0 radical (unpaired) electrons. The molecule has 2 rings (SSSR count). The molecule has 1 aliphatic carbocycles. The van der Waals surface area contributed by atoms with Gasteiger partial charge in [0.2, 0.25) is 0 Å². The Bertz CT molecular complexity index is 312. The second-order valence-electron chi connectivity index (χ2n) is 6.66. The lowest BCUT2D eigenvalue weighted by Crippen LogP contribution is -2.48. The van der Waals surface area contributed by atoms with Gasteiger partial charge in [0.05, 0.1) is 5.60 Å². The highest BCUT2D eigenvalue weighted by Gasteiger charge is 2.40. The van der Waals surface area contributed by atoms with Crippen LogP contribution in [0.4, 0.5) is 0 Å². The van der Waals surface area contributed by atoms with E-state index in [1.807, 2.05) is 6.92 Å². The molecule has 0 aromatic rings. The number of Topliss-reactive ketones (excluding diaryl/α,β-unsaturated/α-hetero) is 1. The lowest BCUT2D eigenvalue weighted by Gasteiger charge is -2.37. The van der Waals surface area contributed by atoms with Crippen LogP contribution in [0.2, 0.25) is 0 Å². The van der Waals surface area contributed by atoms with E-state index in [0.29, 0.717) is 18.4 Å². The van der Waals surface area contributed by atoms with Crippen molar-refractivity contribution in [3.05, 3.63) is 0 Å². The summed E-state index contributed by atoms with van der Waals surface area (Å²) in [6.45, 7) is 7.79. The molecule has 1 saturated carbocycles. The summed E-state index contributed by atoms with van der Waals surface area (Å²) in [6.07, 6.45) is 5.20. The van der Waals surface area contributed by atoms with Gasteiger partial charge in [-0.1, -0.05) is 13.8 Å². The van der Waals surface area contributed by atoms with Crippen LogP contribution in [0, 0.1) is 11.8 Å². The second kappa shape index (κ2) is 5.30. The van der Waals surface area contributed by atoms with Gasteiger partial charge in [0, 0.05) is 24.9 Å². The third kappa shape index (κ3) is 2.77. The molecule has 0 aromatic carbocycles. The van der Waals surface area contributed by atoms with Gasteiger partial charge in [-0.3, -0.25) is 9.69 Å². The van der Waals surface area contributed by atoms with Gasteiger partial charge in [-0.05, 0) is 45.1 Å². The van der Waals surface area contributed by atoms with E-state index in [9.17, 15) is 9.90 Å². The maximum absolute atomic E-state index is 11.9. The molecular weight excluding hydrogens is 226 g/mol. The molecule has 3 atom stereocenters. The summed E-state index contributed by atoms with van der Waals surface area (Å²) in [7, 11) is 0. The van der Waals surface area contributed by atoms with Gasteiger partial charge in [0.1, 0.15) is 5.78 Å². The zero-order valence-corrected chi connectivity index (χ0v) is 12.0. The van der Waals surface area contributed by atoms with Crippen molar-refractivity contribution in [1.29, 1.82) is 0 Å². The van der Waals surface area contributed by atoms with E-state index >= 15 is 0 Å². The predicted octanol–water partition coefficient (Wildman–Crippen LogP) is 2.23. The Labute approximate surface area is 111 Å². The summed E-state index contributed by atoms with van der Waals surface area (Å²) in [5.41, 5.74) is -0.649. The van der Waals surface area contributed by atoms with Crippen molar-refractivity contribution in [2.24, 2.45) is 11.8 Å². The molecule has 1 heterocycles. The highest BCUT2D eigenvalue weighted by molar-refractivity contribution is 5.83. The van der Waals surface area contributed by atoms with Crippen LogP contribution in [0.5, 0.6) is 0 Å². The van der Waals surface area contributed by atoms with Gasteiger partial charge < -0.3 is 5.11 Å². The SMILES string of the molecule is CC(C)C(C)(O)CN1CCCC1C1CCCC1=O. The van der Waals surface area contributed by atoms with E-state index in [-0.39, 0.29) is 11.8 Å². The number of aliphatic hydroxyl groups is 1. The van der Waals surface area contributed by atoms with Crippen LogP contribution in [-0.4, -0.2) is 40.5 Å². The highest BCUT2D eigenvalue weighted by atomic mass is 16.3. The first kappa shape index (κ1) is 14.0. The summed E-state index contributed by atoms with van der Waals surface area (Å²) in [6, 6.07) is 0.394. The van der Waals surface area contributed by atoms with Gasteiger partial charge in [0.25, 0.3) is 0 Å². The van der Waals surface area contributed by atoms with Crippen LogP contribution >= 0.6 is 0 Å². The van der Waals surface area contributed by atoms with Crippen LogP contribution < -0.4 is 0 Å². The minimum atomic E-state index is -0.649. The molecule has 1 aliphatic heterocycles. The van der Waals surface area contributed by atoms with Crippen molar-refractivity contribution in [1.82, 2.24) is 4.90 Å². The summed E-state index contributed by atoms with van der Waals surface area (Å²) in [4.78, 5) is 14.3. The average Bonchev–Trinajstić information content (AvgIpc) is 2.86. The van der Waals surface area contributed by atoms with Crippen molar-refractivity contribution in [3.8, 4) is 0 Å². The molecule has 18 heavy (non-hydrogen) atoms. The second-order valence-corrected chi connectivity index (χ2v) is 6.66. The van der Waals surface area contributed by atoms with Crippen molar-refractivity contribution in [3.63, 3.8) is 0 Å². The molecule has 3 nitrogen and oxygen atoms in total. The monoisotopic (exact) mass is 253 g/mol. The first-order chi connectivity index (χ1) is 8.42. The van der Waals surface area contributed by atoms with E-state index in [2.05, 4.69) is 18.7 Å². The maximum atomic E-state index is 11.9. The topological polar surface area (TPSA) is 40.5 Å². The minimum Gasteiger partial charge on any atom is -0.389 e. The zero-order chi connectivity index (χ0) is 13.3. The number of ketones is 1. The van der Waals surface area contributed by atoms with Crippen molar-refractivity contribution >= 4 is 5.78 Å². The minimum absolute atomic E-state index is 0.246. The quantitative estimate of drug-likeness (QED) is 0.835. The summed E-state index contributed by atoms with van der Waals surface area (Å²) in [5.74, 6) is 0.949.